The number of hydrogen-bond donors (Lipinski definition) is 4. The van der Waals surface area contributed by atoms with Crippen molar-refractivity contribution in [3.63, 3.8) is 0 Å². The predicted molar refractivity (Wildman–Crippen MR) is 213 cm³/mol. The number of sulfonamides is 2. The van der Waals surface area contributed by atoms with Crippen LogP contribution in [-0.4, -0.2) is 120 Å². The molecular weight excluding hydrogens is 787 g/mol. The Morgan fingerprint density at radius 1 is 0.877 bits per heavy atom. The topological polar surface area (TPSA) is 223 Å². The first-order valence-electron chi connectivity index (χ1n) is 17.9. The zero-order valence-electron chi connectivity index (χ0n) is 32.5. The number of aliphatic carboxylic acids is 1. The Morgan fingerprint density at radius 3 is 1.95 bits per heavy atom. The number of nitrogens with zero attached hydrogens (tertiary/aromatic N) is 6. The smallest absolute Gasteiger partial charge is 0.305 e. The molecule has 57 heavy (non-hydrogen) atoms. The molecule has 19 heteroatoms. The molecule has 0 bridgehead atoms. The number of carboxylic acid groups (broad SMARTS) is 1. The lowest BCUT2D eigenvalue weighted by molar-refractivity contribution is -0.139. The van der Waals surface area contributed by atoms with Crippen molar-refractivity contribution in [2.24, 2.45) is 21.8 Å². The normalized spacial score (nSPS) is 18.0. The zero-order valence-corrected chi connectivity index (χ0v) is 34.2. The third-order valence-corrected chi connectivity index (χ3v) is 12.2. The molecule has 4 N–H and O–H groups in total. The molecule has 1 aliphatic heterocycles. The molecule has 5 atom stereocenters. The Hall–Kier alpha value is -4.69. The highest BCUT2D eigenvalue weighted by Gasteiger charge is 2.42. The maximum Gasteiger partial charge on any atom is 0.305 e. The summed E-state index contributed by atoms with van der Waals surface area (Å²) in [6.07, 6.45) is -1.43. The molecule has 0 spiro atoms. The zero-order chi connectivity index (χ0) is 42.6. The first-order valence-corrected chi connectivity index (χ1v) is 21.4. The highest BCUT2D eigenvalue weighted by Crippen LogP contribution is 2.34. The average molecular weight is 835 g/mol. The summed E-state index contributed by atoms with van der Waals surface area (Å²) in [4.78, 5) is 29.2. The van der Waals surface area contributed by atoms with Crippen molar-refractivity contribution < 1.29 is 50.8 Å². The largest absolute Gasteiger partial charge is 0.481 e. The van der Waals surface area contributed by atoms with E-state index in [4.69, 9.17) is 5.11 Å². The van der Waals surface area contributed by atoms with E-state index >= 15 is 0 Å². The van der Waals surface area contributed by atoms with Gasteiger partial charge >= 0.3 is 5.97 Å². The van der Waals surface area contributed by atoms with E-state index in [1.54, 1.807) is 27.7 Å². The van der Waals surface area contributed by atoms with E-state index in [9.17, 15) is 45.7 Å². The third kappa shape index (κ3) is 11.2. The number of halogens is 2. The van der Waals surface area contributed by atoms with Crippen molar-refractivity contribution in [2.75, 3.05) is 30.4 Å². The van der Waals surface area contributed by atoms with Crippen molar-refractivity contribution >= 4 is 49.7 Å². The van der Waals surface area contributed by atoms with Gasteiger partial charge in [0.25, 0.3) is 0 Å². The minimum absolute atomic E-state index is 0.102. The fourth-order valence-electron chi connectivity index (χ4n) is 6.19. The van der Waals surface area contributed by atoms with Crippen LogP contribution in [0.2, 0.25) is 0 Å². The summed E-state index contributed by atoms with van der Waals surface area (Å²) in [7, 11) is -5.87. The molecule has 3 unspecified atom stereocenters. The van der Waals surface area contributed by atoms with E-state index in [-0.39, 0.29) is 41.6 Å². The first-order chi connectivity index (χ1) is 26.5. The number of benzene rings is 2. The number of anilines is 1. The average Bonchev–Trinajstić information content (AvgIpc) is 3.12. The number of hydrogen-bond acceptors (Lipinski definition) is 12. The van der Waals surface area contributed by atoms with Crippen molar-refractivity contribution in [3.8, 4) is 11.3 Å². The summed E-state index contributed by atoms with van der Waals surface area (Å²) in [5, 5.41) is 41.4. The fraction of sp³-hybridized carbons (Fsp3) is 0.447. The number of carboxylic acids is 1. The number of aliphatic hydroxyl groups excluding tert-OH is 3. The van der Waals surface area contributed by atoms with Crippen LogP contribution in [-0.2, 0) is 24.8 Å². The number of rotatable bonds is 16. The van der Waals surface area contributed by atoms with Gasteiger partial charge in [0.2, 0.25) is 32.0 Å². The Labute approximate surface area is 331 Å². The van der Waals surface area contributed by atoms with Gasteiger partial charge in [0.15, 0.2) is 0 Å². The van der Waals surface area contributed by atoms with E-state index in [0.717, 1.165) is 27.0 Å². The molecular formula is C38H48F2N6O9S2. The number of guanidine groups is 1. The number of aliphatic imine (C=N–C) groups is 2. The van der Waals surface area contributed by atoms with Gasteiger partial charge in [-0.1, -0.05) is 52.0 Å². The maximum atomic E-state index is 14.2. The number of aromatic nitrogens is 2. The summed E-state index contributed by atoms with van der Waals surface area (Å²) in [6.45, 7) is 7.10. The maximum absolute atomic E-state index is 14.2. The van der Waals surface area contributed by atoms with Gasteiger partial charge < -0.3 is 20.4 Å². The quantitative estimate of drug-likeness (QED) is 0.163. The van der Waals surface area contributed by atoms with Gasteiger partial charge in [-0.15, -0.1) is 0 Å². The van der Waals surface area contributed by atoms with Crippen LogP contribution in [0.5, 0.6) is 0 Å². The number of aliphatic hydroxyl groups is 3. The van der Waals surface area contributed by atoms with Crippen LogP contribution in [0.4, 0.5) is 14.7 Å². The molecule has 310 valence electrons. The van der Waals surface area contributed by atoms with Gasteiger partial charge in [-0.05, 0) is 53.8 Å². The van der Waals surface area contributed by atoms with E-state index in [0.29, 0.717) is 22.4 Å². The lowest BCUT2D eigenvalue weighted by Gasteiger charge is -2.36. The van der Waals surface area contributed by atoms with E-state index < -0.39 is 80.1 Å². The molecule has 0 saturated carbocycles. The second kappa shape index (κ2) is 18.3. The van der Waals surface area contributed by atoms with Crippen LogP contribution in [0.25, 0.3) is 17.3 Å². The molecule has 1 aliphatic rings. The van der Waals surface area contributed by atoms with Crippen molar-refractivity contribution in [1.29, 1.82) is 0 Å². The van der Waals surface area contributed by atoms with Gasteiger partial charge in [0.05, 0.1) is 65.8 Å². The minimum Gasteiger partial charge on any atom is -0.481 e. The molecule has 4 rings (SSSR count). The SMILES string of the molecule is CC(C)c1nc(N(C)S(=O)(=O)CC(O)C2C(c3ccc(F)cc3)=NC(N(C)S(C)(=O)=O)=NC2C(C)C)nc(-c2ccc(F)cc2)c1/C=C/[C@H](O)C[C@H](O)CC(=O)O. The molecule has 0 aliphatic carbocycles. The van der Waals surface area contributed by atoms with Crippen molar-refractivity contribution in [3.05, 3.63) is 83.1 Å². The molecule has 0 saturated heterocycles. The molecule has 3 aromatic rings. The summed E-state index contributed by atoms with van der Waals surface area (Å²) in [5.74, 6) is -5.59. The molecule has 1 aromatic heterocycles. The lowest BCUT2D eigenvalue weighted by atomic mass is 9.80. The summed E-state index contributed by atoms with van der Waals surface area (Å²) >= 11 is 0. The van der Waals surface area contributed by atoms with Crippen LogP contribution in [0.15, 0.2) is 64.6 Å². The highest BCUT2D eigenvalue weighted by molar-refractivity contribution is 7.92. The van der Waals surface area contributed by atoms with E-state index in [1.165, 1.54) is 62.6 Å². The molecule has 15 nitrogen and oxygen atoms in total. The Kier molecular flexibility index (Phi) is 14.4. The Morgan fingerprint density at radius 2 is 1.44 bits per heavy atom. The van der Waals surface area contributed by atoms with Gasteiger partial charge in [-0.2, -0.15) is 0 Å². The lowest BCUT2D eigenvalue weighted by Crippen LogP contribution is -2.49. The Balaban J connectivity index is 1.79. The second-order valence-electron chi connectivity index (χ2n) is 14.5. The van der Waals surface area contributed by atoms with Gasteiger partial charge in [0, 0.05) is 31.6 Å². The minimum atomic E-state index is -4.49. The monoisotopic (exact) mass is 834 g/mol. The van der Waals surface area contributed by atoms with Gasteiger partial charge in [-0.3, -0.25) is 4.79 Å². The van der Waals surface area contributed by atoms with Gasteiger partial charge in [0.1, 0.15) is 11.6 Å². The summed E-state index contributed by atoms with van der Waals surface area (Å²) in [5.41, 5.74) is 1.60. The summed E-state index contributed by atoms with van der Waals surface area (Å²) in [6, 6.07) is 9.44. The van der Waals surface area contributed by atoms with Crippen LogP contribution in [0, 0.1) is 23.5 Å². The number of carbonyl (C=O) groups is 1. The third-order valence-electron chi connectivity index (χ3n) is 9.30. The fourth-order valence-corrected chi connectivity index (χ4v) is 7.77. The van der Waals surface area contributed by atoms with E-state index in [2.05, 4.69) is 20.0 Å². The van der Waals surface area contributed by atoms with Crippen LogP contribution < -0.4 is 4.31 Å². The first kappa shape index (κ1) is 45.0. The predicted octanol–water partition coefficient (Wildman–Crippen LogP) is 3.66. The molecule has 0 radical (unpaired) electrons. The van der Waals surface area contributed by atoms with Crippen LogP contribution >= 0.6 is 0 Å². The molecule has 0 fully saturated rings. The van der Waals surface area contributed by atoms with Crippen LogP contribution in [0.3, 0.4) is 0 Å². The standard InChI is InChI=1S/C38H48F2N6O9S2/c1-21(2)33-29(17-16-27(47)18-28(48)19-31(50)51)35(23-8-12-25(39)13-9-23)43-38(41-33)46(6)57(54,55)20-30(49)32-34(22(3)4)42-37(45(5)56(7,52)53)44-36(32)24-10-14-26(40)15-11-24/h8-17,21-22,27-28,30,32,34,47-49H,18-20H2,1-7H3,(H,50,51)/b17-16+/t27-,28-,30?,32?,34?/m0/s1. The molecule has 2 aromatic carbocycles. The molecule has 2 heterocycles. The summed E-state index contributed by atoms with van der Waals surface area (Å²) < 4.78 is 83.1. The van der Waals surface area contributed by atoms with Gasteiger partial charge in [-0.25, -0.2) is 54.2 Å². The van der Waals surface area contributed by atoms with Crippen LogP contribution in [0.1, 0.15) is 63.3 Å². The second-order valence-corrected chi connectivity index (χ2v) is 18.5. The van der Waals surface area contributed by atoms with Crippen molar-refractivity contribution in [1.82, 2.24) is 14.3 Å². The Bertz CT molecular complexity index is 2240. The van der Waals surface area contributed by atoms with Crippen molar-refractivity contribution in [2.45, 2.75) is 70.8 Å². The molecule has 0 amide bonds. The highest BCUT2D eigenvalue weighted by atomic mass is 32.2. The van der Waals surface area contributed by atoms with E-state index in [1.807, 2.05) is 0 Å².